The Morgan fingerprint density at radius 1 is 1.24 bits per heavy atom. The van der Waals surface area contributed by atoms with E-state index in [1.807, 2.05) is 24.3 Å². The van der Waals surface area contributed by atoms with Gasteiger partial charge in [0.2, 0.25) is 15.9 Å². The quantitative estimate of drug-likeness (QED) is 0.665. The standard InChI is InChI=1S/C23H27N3O6S/c1-15-22(27)25-20-12-19(9-10-21(20)32-15)33(29,30)26-11-3-4-17(14-26)23(28)24-13-16-5-7-18(31-2)8-6-16/h5-10,12,15,17H,3-4,11,13-14H2,1-2H3,(H,24,28)(H,25,27)/t15-,17-/m0/s1. The van der Waals surface area contributed by atoms with Crippen LogP contribution in [-0.2, 0) is 26.2 Å². The lowest BCUT2D eigenvalue weighted by Crippen LogP contribution is -2.45. The van der Waals surface area contributed by atoms with Gasteiger partial charge in [-0.25, -0.2) is 8.42 Å². The zero-order chi connectivity index (χ0) is 23.6. The fourth-order valence-electron chi connectivity index (χ4n) is 3.95. The van der Waals surface area contributed by atoms with Crippen molar-refractivity contribution in [3.8, 4) is 11.5 Å². The molecular formula is C23H27N3O6S. The van der Waals surface area contributed by atoms with E-state index >= 15 is 0 Å². The summed E-state index contributed by atoms with van der Waals surface area (Å²) in [5.74, 6) is 0.221. The Bertz CT molecular complexity index is 1150. The molecule has 10 heteroatoms. The number of amides is 2. The van der Waals surface area contributed by atoms with E-state index in [0.717, 1.165) is 11.3 Å². The van der Waals surface area contributed by atoms with Gasteiger partial charge in [-0.05, 0) is 55.7 Å². The second-order valence-corrected chi connectivity index (χ2v) is 10.1. The third kappa shape index (κ3) is 4.96. The van der Waals surface area contributed by atoms with Crippen molar-refractivity contribution in [1.29, 1.82) is 0 Å². The molecule has 33 heavy (non-hydrogen) atoms. The van der Waals surface area contributed by atoms with Crippen LogP contribution in [0.2, 0.25) is 0 Å². The predicted octanol–water partition coefficient (Wildman–Crippen LogP) is 2.13. The van der Waals surface area contributed by atoms with Crippen molar-refractivity contribution < 1.29 is 27.5 Å². The van der Waals surface area contributed by atoms with Crippen molar-refractivity contribution in [1.82, 2.24) is 9.62 Å². The average Bonchev–Trinajstić information content (AvgIpc) is 2.83. The van der Waals surface area contributed by atoms with Crippen molar-refractivity contribution in [3.05, 3.63) is 48.0 Å². The minimum absolute atomic E-state index is 0.0546. The van der Waals surface area contributed by atoms with Crippen LogP contribution in [0.1, 0.15) is 25.3 Å². The molecule has 0 saturated carbocycles. The highest BCUT2D eigenvalue weighted by Crippen LogP contribution is 2.33. The molecule has 0 aliphatic carbocycles. The predicted molar refractivity (Wildman–Crippen MR) is 121 cm³/mol. The number of carbonyl (C=O) groups excluding carboxylic acids is 2. The van der Waals surface area contributed by atoms with Crippen LogP contribution in [0.5, 0.6) is 11.5 Å². The van der Waals surface area contributed by atoms with Gasteiger partial charge in [0.05, 0.1) is 23.6 Å². The number of nitrogens with one attached hydrogen (secondary N) is 2. The molecule has 2 atom stereocenters. The zero-order valence-electron chi connectivity index (χ0n) is 18.5. The van der Waals surface area contributed by atoms with Crippen LogP contribution in [-0.4, -0.2) is 50.8 Å². The van der Waals surface area contributed by atoms with Crippen molar-refractivity contribution in [3.63, 3.8) is 0 Å². The lowest BCUT2D eigenvalue weighted by Gasteiger charge is -2.31. The number of sulfonamides is 1. The molecule has 0 bridgehead atoms. The minimum Gasteiger partial charge on any atom is -0.497 e. The van der Waals surface area contributed by atoms with Gasteiger partial charge in [-0.15, -0.1) is 0 Å². The summed E-state index contributed by atoms with van der Waals surface area (Å²) in [5, 5.41) is 5.58. The molecule has 176 valence electrons. The Morgan fingerprint density at radius 3 is 2.73 bits per heavy atom. The maximum absolute atomic E-state index is 13.3. The first-order valence-corrected chi connectivity index (χ1v) is 12.2. The summed E-state index contributed by atoms with van der Waals surface area (Å²) in [6.07, 6.45) is 0.563. The molecule has 2 heterocycles. The Labute approximate surface area is 193 Å². The largest absolute Gasteiger partial charge is 0.497 e. The SMILES string of the molecule is COc1ccc(CNC(=O)[C@H]2CCCN(S(=O)(=O)c3ccc4c(c3)NC(=O)[C@H](C)O4)C2)cc1. The van der Waals surface area contributed by atoms with E-state index in [9.17, 15) is 18.0 Å². The summed E-state index contributed by atoms with van der Waals surface area (Å²) in [4.78, 5) is 24.7. The number of fused-ring (bicyclic) bond motifs is 1. The van der Waals surface area contributed by atoms with Crippen LogP contribution in [0.15, 0.2) is 47.4 Å². The molecule has 2 N–H and O–H groups in total. The monoisotopic (exact) mass is 473 g/mol. The number of piperidine rings is 1. The molecule has 4 rings (SSSR count). The molecular weight excluding hydrogens is 446 g/mol. The normalized spacial score (nSPS) is 20.8. The van der Waals surface area contributed by atoms with E-state index in [2.05, 4.69) is 10.6 Å². The van der Waals surface area contributed by atoms with E-state index in [1.54, 1.807) is 20.1 Å². The van der Waals surface area contributed by atoms with Crippen LogP contribution in [0.25, 0.3) is 0 Å². The van der Waals surface area contributed by atoms with E-state index in [0.29, 0.717) is 37.4 Å². The van der Waals surface area contributed by atoms with Gasteiger partial charge >= 0.3 is 0 Å². The third-order valence-electron chi connectivity index (χ3n) is 5.90. The molecule has 0 aromatic heterocycles. The van der Waals surface area contributed by atoms with Gasteiger partial charge in [0.1, 0.15) is 11.5 Å². The summed E-state index contributed by atoms with van der Waals surface area (Å²) in [5.41, 5.74) is 1.25. The summed E-state index contributed by atoms with van der Waals surface area (Å²) >= 11 is 0. The second-order valence-electron chi connectivity index (χ2n) is 8.18. The molecule has 0 radical (unpaired) electrons. The van der Waals surface area contributed by atoms with Gasteiger partial charge in [-0.2, -0.15) is 4.31 Å². The number of carbonyl (C=O) groups is 2. The van der Waals surface area contributed by atoms with E-state index in [-0.39, 0.29) is 23.3 Å². The molecule has 2 aliphatic heterocycles. The highest BCUT2D eigenvalue weighted by Gasteiger charge is 2.34. The molecule has 0 unspecified atom stereocenters. The number of benzene rings is 2. The number of ether oxygens (including phenoxy) is 2. The van der Waals surface area contributed by atoms with Crippen LogP contribution < -0.4 is 20.1 Å². The van der Waals surface area contributed by atoms with Crippen LogP contribution >= 0.6 is 0 Å². The molecule has 0 spiro atoms. The van der Waals surface area contributed by atoms with Gasteiger partial charge in [0.15, 0.2) is 6.10 Å². The number of methoxy groups -OCH3 is 1. The molecule has 1 saturated heterocycles. The minimum atomic E-state index is -3.84. The van der Waals surface area contributed by atoms with Crippen LogP contribution in [0, 0.1) is 5.92 Å². The molecule has 2 aliphatic rings. The second kappa shape index (κ2) is 9.40. The van der Waals surface area contributed by atoms with Crippen molar-refractivity contribution in [2.45, 2.75) is 37.3 Å². The maximum atomic E-state index is 13.3. The number of rotatable bonds is 6. The summed E-state index contributed by atoms with van der Waals surface area (Å²) in [6.45, 7) is 2.42. The molecule has 2 amide bonds. The van der Waals surface area contributed by atoms with Crippen molar-refractivity contribution >= 4 is 27.5 Å². The first-order valence-electron chi connectivity index (χ1n) is 10.8. The average molecular weight is 474 g/mol. The highest BCUT2D eigenvalue weighted by molar-refractivity contribution is 7.89. The Morgan fingerprint density at radius 2 is 2.00 bits per heavy atom. The fraction of sp³-hybridized carbons (Fsp3) is 0.391. The first-order chi connectivity index (χ1) is 15.8. The molecule has 9 nitrogen and oxygen atoms in total. The Hall–Kier alpha value is -3.11. The number of hydrogen-bond donors (Lipinski definition) is 2. The molecule has 2 aromatic carbocycles. The van der Waals surface area contributed by atoms with E-state index in [4.69, 9.17) is 9.47 Å². The van der Waals surface area contributed by atoms with E-state index in [1.165, 1.54) is 16.4 Å². The van der Waals surface area contributed by atoms with Gasteiger partial charge < -0.3 is 20.1 Å². The zero-order valence-corrected chi connectivity index (χ0v) is 19.4. The van der Waals surface area contributed by atoms with Gasteiger partial charge in [-0.3, -0.25) is 9.59 Å². The Kier molecular flexibility index (Phi) is 6.57. The molecule has 1 fully saturated rings. The first kappa shape index (κ1) is 23.1. The van der Waals surface area contributed by atoms with Gasteiger partial charge in [0.25, 0.3) is 5.91 Å². The number of hydrogen-bond acceptors (Lipinski definition) is 6. The topological polar surface area (TPSA) is 114 Å². The van der Waals surface area contributed by atoms with Gasteiger partial charge in [0, 0.05) is 19.6 Å². The lowest BCUT2D eigenvalue weighted by atomic mass is 9.99. The molecule has 2 aromatic rings. The van der Waals surface area contributed by atoms with Crippen LogP contribution in [0.4, 0.5) is 5.69 Å². The lowest BCUT2D eigenvalue weighted by molar-refractivity contribution is -0.126. The van der Waals surface area contributed by atoms with Gasteiger partial charge in [-0.1, -0.05) is 12.1 Å². The highest BCUT2D eigenvalue weighted by atomic mass is 32.2. The summed E-state index contributed by atoms with van der Waals surface area (Å²) < 4.78 is 38.5. The number of nitrogens with zero attached hydrogens (tertiary/aromatic N) is 1. The third-order valence-corrected chi connectivity index (χ3v) is 7.76. The maximum Gasteiger partial charge on any atom is 0.265 e. The van der Waals surface area contributed by atoms with Crippen molar-refractivity contribution in [2.24, 2.45) is 5.92 Å². The van der Waals surface area contributed by atoms with E-state index < -0.39 is 22.0 Å². The smallest absolute Gasteiger partial charge is 0.265 e. The Balaban J connectivity index is 1.42. The fourth-order valence-corrected chi connectivity index (χ4v) is 5.50. The van der Waals surface area contributed by atoms with Crippen LogP contribution in [0.3, 0.4) is 0 Å². The van der Waals surface area contributed by atoms with Crippen molar-refractivity contribution in [2.75, 3.05) is 25.5 Å². The summed E-state index contributed by atoms with van der Waals surface area (Å²) in [7, 11) is -2.24. The summed E-state index contributed by atoms with van der Waals surface area (Å²) in [6, 6.07) is 11.8. The number of anilines is 1.